The van der Waals surface area contributed by atoms with Crippen LogP contribution < -0.4 is 4.74 Å². The molecular formula is C22H22N6O5. The maximum absolute atomic E-state index is 13.0. The number of piperazine rings is 1. The van der Waals surface area contributed by atoms with Gasteiger partial charge in [-0.05, 0) is 29.8 Å². The van der Waals surface area contributed by atoms with Crippen LogP contribution in [-0.2, 0) is 11.2 Å². The smallest absolute Gasteiger partial charge is 0.295 e. The first kappa shape index (κ1) is 21.9. The number of nitro groups is 1. The van der Waals surface area contributed by atoms with Gasteiger partial charge in [-0.25, -0.2) is 9.67 Å². The van der Waals surface area contributed by atoms with E-state index < -0.39 is 4.92 Å². The van der Waals surface area contributed by atoms with E-state index >= 15 is 0 Å². The fourth-order valence-corrected chi connectivity index (χ4v) is 3.74. The summed E-state index contributed by atoms with van der Waals surface area (Å²) < 4.78 is 6.47. The second-order valence-electron chi connectivity index (χ2n) is 7.50. The van der Waals surface area contributed by atoms with Gasteiger partial charge in [-0.15, -0.1) is 0 Å². The highest BCUT2D eigenvalue weighted by molar-refractivity contribution is 5.95. The van der Waals surface area contributed by atoms with Crippen molar-refractivity contribution >= 4 is 17.5 Å². The Morgan fingerprint density at radius 1 is 1.09 bits per heavy atom. The first-order valence-electron chi connectivity index (χ1n) is 10.3. The lowest BCUT2D eigenvalue weighted by Crippen LogP contribution is -2.51. The van der Waals surface area contributed by atoms with Crippen molar-refractivity contribution in [2.24, 2.45) is 0 Å². The number of benzene rings is 2. The van der Waals surface area contributed by atoms with E-state index in [2.05, 4.69) is 10.1 Å². The molecule has 1 saturated heterocycles. The van der Waals surface area contributed by atoms with E-state index in [4.69, 9.17) is 4.74 Å². The van der Waals surface area contributed by atoms with E-state index in [0.29, 0.717) is 31.9 Å². The Hall–Kier alpha value is -4.28. The average molecular weight is 450 g/mol. The third kappa shape index (κ3) is 4.81. The minimum absolute atomic E-state index is 0.0248. The number of carbonyl (C=O) groups excluding carboxylic acids is 2. The molecule has 3 aromatic rings. The van der Waals surface area contributed by atoms with Gasteiger partial charge >= 0.3 is 0 Å². The van der Waals surface area contributed by atoms with E-state index in [1.54, 1.807) is 16.9 Å². The first-order chi connectivity index (χ1) is 16.0. The summed E-state index contributed by atoms with van der Waals surface area (Å²) in [6.07, 6.45) is 2.88. The fraction of sp³-hybridized carbons (Fsp3) is 0.273. The molecule has 2 amide bonds. The molecule has 0 aliphatic carbocycles. The Labute approximate surface area is 189 Å². The second kappa shape index (κ2) is 9.47. The molecule has 11 heteroatoms. The number of rotatable bonds is 6. The molecule has 2 heterocycles. The second-order valence-corrected chi connectivity index (χ2v) is 7.50. The molecule has 0 N–H and O–H groups in total. The lowest BCUT2D eigenvalue weighted by Gasteiger charge is -2.35. The predicted octanol–water partition coefficient (Wildman–Crippen LogP) is 1.71. The van der Waals surface area contributed by atoms with Crippen LogP contribution in [-0.4, -0.2) is 74.6 Å². The van der Waals surface area contributed by atoms with Crippen molar-refractivity contribution in [3.63, 3.8) is 0 Å². The molecule has 2 aromatic carbocycles. The lowest BCUT2D eigenvalue weighted by atomic mass is 10.1. The molecule has 0 spiro atoms. The third-order valence-corrected chi connectivity index (χ3v) is 5.49. The van der Waals surface area contributed by atoms with Gasteiger partial charge in [0.15, 0.2) is 0 Å². The number of amides is 2. The number of aromatic nitrogens is 3. The highest BCUT2D eigenvalue weighted by Gasteiger charge is 2.27. The molecule has 0 atom stereocenters. The summed E-state index contributed by atoms with van der Waals surface area (Å²) in [5, 5.41) is 15.5. The minimum Gasteiger partial charge on any atom is -0.497 e. The number of carbonyl (C=O) groups is 2. The molecule has 1 aliphatic heterocycles. The molecule has 1 aliphatic rings. The summed E-state index contributed by atoms with van der Waals surface area (Å²) in [6, 6.07) is 11.6. The maximum Gasteiger partial charge on any atom is 0.295 e. The van der Waals surface area contributed by atoms with Crippen LogP contribution in [0.15, 0.2) is 55.1 Å². The van der Waals surface area contributed by atoms with Crippen molar-refractivity contribution < 1.29 is 19.2 Å². The number of nitro benzene ring substituents is 1. The van der Waals surface area contributed by atoms with Gasteiger partial charge in [0.1, 0.15) is 24.1 Å². The minimum atomic E-state index is -0.553. The van der Waals surface area contributed by atoms with Crippen LogP contribution in [0.1, 0.15) is 15.9 Å². The van der Waals surface area contributed by atoms with Gasteiger partial charge in [-0.3, -0.25) is 19.7 Å². The topological polar surface area (TPSA) is 124 Å². The summed E-state index contributed by atoms with van der Waals surface area (Å²) in [7, 11) is 1.58. The standard InChI is InChI=1S/C22H22N6O5/c1-33-18-4-2-3-16(11-18)12-21(29)25-7-9-26(10-8-25)22(30)17-5-6-19(20(13-17)28(31)32)27-15-23-14-24-27/h2-6,11,13-15H,7-10,12H2,1H3. The number of ether oxygens (including phenoxy) is 1. The van der Waals surface area contributed by atoms with Gasteiger partial charge in [-0.1, -0.05) is 12.1 Å². The molecular weight excluding hydrogens is 428 g/mol. The molecule has 0 radical (unpaired) electrons. The van der Waals surface area contributed by atoms with Crippen LogP contribution in [0.4, 0.5) is 5.69 Å². The summed E-state index contributed by atoms with van der Waals surface area (Å²) in [5.74, 6) is 0.353. The molecule has 1 aromatic heterocycles. The zero-order valence-electron chi connectivity index (χ0n) is 18.0. The highest BCUT2D eigenvalue weighted by atomic mass is 16.6. The van der Waals surface area contributed by atoms with Gasteiger partial charge in [0.2, 0.25) is 5.91 Å². The van der Waals surface area contributed by atoms with Crippen LogP contribution in [0.5, 0.6) is 5.75 Å². The lowest BCUT2D eigenvalue weighted by molar-refractivity contribution is -0.384. The van der Waals surface area contributed by atoms with E-state index in [1.165, 1.54) is 35.5 Å². The van der Waals surface area contributed by atoms with Gasteiger partial charge in [0, 0.05) is 37.8 Å². The van der Waals surface area contributed by atoms with E-state index in [0.717, 1.165) is 5.56 Å². The van der Waals surface area contributed by atoms with Gasteiger partial charge < -0.3 is 14.5 Å². The van der Waals surface area contributed by atoms with Crippen LogP contribution in [0.2, 0.25) is 0 Å². The van der Waals surface area contributed by atoms with Crippen molar-refractivity contribution in [1.82, 2.24) is 24.6 Å². The van der Waals surface area contributed by atoms with Crippen LogP contribution in [0, 0.1) is 10.1 Å². The normalized spacial score (nSPS) is 13.6. The van der Waals surface area contributed by atoms with E-state index in [9.17, 15) is 19.7 Å². The number of hydrogen-bond acceptors (Lipinski definition) is 7. The predicted molar refractivity (Wildman–Crippen MR) is 117 cm³/mol. The van der Waals surface area contributed by atoms with Crippen LogP contribution >= 0.6 is 0 Å². The van der Waals surface area contributed by atoms with Crippen molar-refractivity contribution in [1.29, 1.82) is 0 Å². The molecule has 4 rings (SSSR count). The summed E-state index contributed by atoms with van der Waals surface area (Å²) in [6.45, 7) is 1.49. The van der Waals surface area contributed by atoms with Crippen LogP contribution in [0.25, 0.3) is 5.69 Å². The molecule has 170 valence electrons. The maximum atomic E-state index is 13.0. The van der Waals surface area contributed by atoms with Crippen molar-refractivity contribution in [2.75, 3.05) is 33.3 Å². The summed E-state index contributed by atoms with van der Waals surface area (Å²) >= 11 is 0. The summed E-state index contributed by atoms with van der Waals surface area (Å²) in [5.41, 5.74) is 1.06. The van der Waals surface area contributed by atoms with Gasteiger partial charge in [0.05, 0.1) is 18.5 Å². The fourth-order valence-electron chi connectivity index (χ4n) is 3.74. The van der Waals surface area contributed by atoms with Gasteiger partial charge in [0.25, 0.3) is 11.6 Å². The molecule has 0 unspecified atom stereocenters. The number of nitrogens with zero attached hydrogens (tertiary/aromatic N) is 6. The largest absolute Gasteiger partial charge is 0.497 e. The van der Waals surface area contributed by atoms with Crippen molar-refractivity contribution in [3.05, 3.63) is 76.4 Å². The highest BCUT2D eigenvalue weighted by Crippen LogP contribution is 2.24. The zero-order chi connectivity index (χ0) is 23.4. The Morgan fingerprint density at radius 2 is 1.85 bits per heavy atom. The Balaban J connectivity index is 1.40. The van der Waals surface area contributed by atoms with Crippen molar-refractivity contribution in [2.45, 2.75) is 6.42 Å². The molecule has 0 saturated carbocycles. The van der Waals surface area contributed by atoms with Crippen LogP contribution in [0.3, 0.4) is 0 Å². The number of methoxy groups -OCH3 is 1. The van der Waals surface area contributed by atoms with E-state index in [1.807, 2.05) is 24.3 Å². The summed E-state index contributed by atoms with van der Waals surface area (Å²) in [4.78, 5) is 43.8. The molecule has 0 bridgehead atoms. The Bertz CT molecular complexity index is 1170. The van der Waals surface area contributed by atoms with Crippen molar-refractivity contribution in [3.8, 4) is 11.4 Å². The van der Waals surface area contributed by atoms with E-state index in [-0.39, 0.29) is 35.2 Å². The third-order valence-electron chi connectivity index (χ3n) is 5.49. The number of hydrogen-bond donors (Lipinski definition) is 0. The quantitative estimate of drug-likeness (QED) is 0.414. The first-order valence-corrected chi connectivity index (χ1v) is 10.3. The zero-order valence-corrected chi connectivity index (χ0v) is 18.0. The van der Waals surface area contributed by atoms with Gasteiger partial charge in [-0.2, -0.15) is 5.10 Å². The molecule has 11 nitrogen and oxygen atoms in total. The average Bonchev–Trinajstić information content (AvgIpc) is 3.38. The molecule has 1 fully saturated rings. The SMILES string of the molecule is COc1cccc(CC(=O)N2CCN(C(=O)c3ccc(-n4cncn4)c([N+](=O)[O-])c3)CC2)c1. The molecule has 33 heavy (non-hydrogen) atoms. The monoisotopic (exact) mass is 450 g/mol. The Kier molecular flexibility index (Phi) is 6.29. The Morgan fingerprint density at radius 3 is 2.52 bits per heavy atom.